The van der Waals surface area contributed by atoms with E-state index in [9.17, 15) is 4.79 Å². The van der Waals surface area contributed by atoms with Crippen molar-refractivity contribution < 1.29 is 4.79 Å². The SMILES string of the molecule is CC(C)(NC(=O)NCc1ccccc1)c1cc(Cl)cc(Cl)c1. The van der Waals surface area contributed by atoms with Crippen molar-refractivity contribution in [2.24, 2.45) is 0 Å². The molecule has 2 rings (SSSR count). The summed E-state index contributed by atoms with van der Waals surface area (Å²) < 4.78 is 0. The van der Waals surface area contributed by atoms with Crippen LogP contribution in [0.4, 0.5) is 4.79 Å². The maximum atomic E-state index is 12.1. The predicted molar refractivity (Wildman–Crippen MR) is 91.3 cm³/mol. The monoisotopic (exact) mass is 336 g/mol. The third kappa shape index (κ3) is 4.65. The molecule has 0 atom stereocenters. The fourth-order valence-corrected chi connectivity index (χ4v) is 2.62. The maximum absolute atomic E-state index is 12.1. The Morgan fingerprint density at radius 2 is 1.64 bits per heavy atom. The van der Waals surface area contributed by atoms with Gasteiger partial charge in [-0.25, -0.2) is 4.79 Å². The Labute approximate surface area is 140 Å². The Morgan fingerprint density at radius 1 is 1.05 bits per heavy atom. The van der Waals surface area contributed by atoms with Gasteiger partial charge in [0.1, 0.15) is 0 Å². The van der Waals surface area contributed by atoms with Crippen LogP contribution in [-0.2, 0) is 12.1 Å². The van der Waals surface area contributed by atoms with Gasteiger partial charge in [0.25, 0.3) is 0 Å². The molecule has 2 aromatic carbocycles. The number of nitrogens with one attached hydrogen (secondary N) is 2. The van der Waals surface area contributed by atoms with Gasteiger partial charge < -0.3 is 10.6 Å². The van der Waals surface area contributed by atoms with Crippen molar-refractivity contribution in [1.29, 1.82) is 0 Å². The summed E-state index contributed by atoms with van der Waals surface area (Å²) in [4.78, 5) is 12.1. The molecule has 0 spiro atoms. The first-order valence-corrected chi connectivity index (χ1v) is 7.69. The number of halogens is 2. The normalized spacial score (nSPS) is 11.1. The summed E-state index contributed by atoms with van der Waals surface area (Å²) in [5.41, 5.74) is 1.30. The van der Waals surface area contributed by atoms with E-state index < -0.39 is 5.54 Å². The van der Waals surface area contributed by atoms with Crippen molar-refractivity contribution in [3.05, 3.63) is 69.7 Å². The van der Waals surface area contributed by atoms with E-state index in [-0.39, 0.29) is 6.03 Å². The number of carbonyl (C=O) groups excluding carboxylic acids is 1. The molecule has 0 aliphatic heterocycles. The van der Waals surface area contributed by atoms with Gasteiger partial charge in [-0.05, 0) is 43.2 Å². The quantitative estimate of drug-likeness (QED) is 0.832. The van der Waals surface area contributed by atoms with Crippen molar-refractivity contribution in [3.8, 4) is 0 Å². The average molecular weight is 337 g/mol. The van der Waals surface area contributed by atoms with Gasteiger partial charge in [0.05, 0.1) is 5.54 Å². The smallest absolute Gasteiger partial charge is 0.315 e. The lowest BCUT2D eigenvalue weighted by Gasteiger charge is -2.27. The lowest BCUT2D eigenvalue weighted by molar-refractivity contribution is 0.229. The fraction of sp³-hybridized carbons (Fsp3) is 0.235. The minimum Gasteiger partial charge on any atom is -0.334 e. The van der Waals surface area contributed by atoms with E-state index in [0.717, 1.165) is 11.1 Å². The van der Waals surface area contributed by atoms with Crippen LogP contribution in [0, 0.1) is 0 Å². The van der Waals surface area contributed by atoms with E-state index >= 15 is 0 Å². The highest BCUT2D eigenvalue weighted by atomic mass is 35.5. The molecule has 0 unspecified atom stereocenters. The van der Waals surface area contributed by atoms with Gasteiger partial charge >= 0.3 is 6.03 Å². The molecule has 0 bridgehead atoms. The van der Waals surface area contributed by atoms with Crippen molar-refractivity contribution >= 4 is 29.2 Å². The summed E-state index contributed by atoms with van der Waals surface area (Å²) >= 11 is 12.0. The zero-order chi connectivity index (χ0) is 16.2. The topological polar surface area (TPSA) is 41.1 Å². The second-order valence-electron chi connectivity index (χ2n) is 5.58. The molecule has 0 aliphatic carbocycles. The van der Waals surface area contributed by atoms with Gasteiger partial charge in [0, 0.05) is 16.6 Å². The Hall–Kier alpha value is -1.71. The summed E-state index contributed by atoms with van der Waals surface area (Å²) in [6, 6.07) is 14.7. The Bertz CT molecular complexity index is 637. The summed E-state index contributed by atoms with van der Waals surface area (Å²) in [6.07, 6.45) is 0. The molecular weight excluding hydrogens is 319 g/mol. The lowest BCUT2D eigenvalue weighted by Crippen LogP contribution is -2.46. The maximum Gasteiger partial charge on any atom is 0.315 e. The van der Waals surface area contributed by atoms with Crippen LogP contribution in [0.15, 0.2) is 48.5 Å². The first-order valence-electron chi connectivity index (χ1n) is 6.93. The van der Waals surface area contributed by atoms with Crippen molar-refractivity contribution in [2.45, 2.75) is 25.9 Å². The van der Waals surface area contributed by atoms with E-state index in [1.54, 1.807) is 18.2 Å². The molecule has 0 fully saturated rings. The highest BCUT2D eigenvalue weighted by Crippen LogP contribution is 2.27. The molecule has 22 heavy (non-hydrogen) atoms. The Kier molecular flexibility index (Phi) is 5.33. The van der Waals surface area contributed by atoms with Crippen molar-refractivity contribution in [2.75, 3.05) is 0 Å². The molecule has 0 aliphatic rings. The molecule has 5 heteroatoms. The van der Waals surface area contributed by atoms with Crippen molar-refractivity contribution in [3.63, 3.8) is 0 Å². The molecular formula is C17H18Cl2N2O. The number of rotatable bonds is 4. The van der Waals surface area contributed by atoms with Gasteiger partial charge in [0.15, 0.2) is 0 Å². The first-order chi connectivity index (χ1) is 10.4. The van der Waals surface area contributed by atoms with Crippen LogP contribution in [0.1, 0.15) is 25.0 Å². The highest BCUT2D eigenvalue weighted by molar-refractivity contribution is 6.34. The molecule has 2 aromatic rings. The van der Waals surface area contributed by atoms with Crippen LogP contribution in [0.25, 0.3) is 0 Å². The molecule has 116 valence electrons. The van der Waals surface area contributed by atoms with Crippen LogP contribution in [0.5, 0.6) is 0 Å². The third-order valence-electron chi connectivity index (χ3n) is 3.31. The summed E-state index contributed by atoms with van der Waals surface area (Å²) in [6.45, 7) is 4.27. The number of benzene rings is 2. The van der Waals surface area contributed by atoms with Gasteiger partial charge in [-0.15, -0.1) is 0 Å². The van der Waals surface area contributed by atoms with Gasteiger partial charge in [-0.3, -0.25) is 0 Å². The number of hydrogen-bond acceptors (Lipinski definition) is 1. The third-order valence-corrected chi connectivity index (χ3v) is 3.74. The van der Waals surface area contributed by atoms with Crippen LogP contribution in [0.2, 0.25) is 10.0 Å². The number of carbonyl (C=O) groups is 1. The minimum atomic E-state index is -0.588. The van der Waals surface area contributed by atoms with Crippen LogP contribution < -0.4 is 10.6 Å². The second kappa shape index (κ2) is 7.03. The summed E-state index contributed by atoms with van der Waals surface area (Å²) in [5, 5.41) is 6.86. The van der Waals surface area contributed by atoms with E-state index in [1.165, 1.54) is 0 Å². The Balaban J connectivity index is 2.00. The standard InChI is InChI=1S/C17H18Cl2N2O/c1-17(2,13-8-14(18)10-15(19)9-13)21-16(22)20-11-12-6-4-3-5-7-12/h3-10H,11H2,1-2H3,(H2,20,21,22). The highest BCUT2D eigenvalue weighted by Gasteiger charge is 2.23. The first kappa shape index (κ1) is 16.7. The zero-order valence-corrected chi connectivity index (χ0v) is 14.0. The van der Waals surface area contributed by atoms with Crippen LogP contribution >= 0.6 is 23.2 Å². The van der Waals surface area contributed by atoms with E-state index in [4.69, 9.17) is 23.2 Å². The molecule has 3 nitrogen and oxygen atoms in total. The zero-order valence-electron chi connectivity index (χ0n) is 12.5. The van der Waals surface area contributed by atoms with Gasteiger partial charge in [-0.2, -0.15) is 0 Å². The van der Waals surface area contributed by atoms with E-state index in [0.29, 0.717) is 16.6 Å². The summed E-state index contributed by atoms with van der Waals surface area (Å²) in [5.74, 6) is 0. The molecule has 0 saturated heterocycles. The average Bonchev–Trinajstić information content (AvgIpc) is 2.45. The second-order valence-corrected chi connectivity index (χ2v) is 6.45. The largest absolute Gasteiger partial charge is 0.334 e. The molecule has 0 aromatic heterocycles. The van der Waals surface area contributed by atoms with E-state index in [1.807, 2.05) is 44.2 Å². The number of amides is 2. The van der Waals surface area contributed by atoms with Crippen LogP contribution in [0.3, 0.4) is 0 Å². The predicted octanol–water partition coefficient (Wildman–Crippen LogP) is 4.73. The van der Waals surface area contributed by atoms with Gasteiger partial charge in [0.2, 0.25) is 0 Å². The van der Waals surface area contributed by atoms with Crippen LogP contribution in [-0.4, -0.2) is 6.03 Å². The molecule has 2 N–H and O–H groups in total. The van der Waals surface area contributed by atoms with E-state index in [2.05, 4.69) is 10.6 Å². The summed E-state index contributed by atoms with van der Waals surface area (Å²) in [7, 11) is 0. The fourth-order valence-electron chi connectivity index (χ4n) is 2.09. The lowest BCUT2D eigenvalue weighted by atomic mass is 9.94. The Morgan fingerprint density at radius 3 is 2.23 bits per heavy atom. The molecule has 2 amide bonds. The number of hydrogen-bond donors (Lipinski definition) is 2. The van der Waals surface area contributed by atoms with Gasteiger partial charge in [-0.1, -0.05) is 53.5 Å². The number of urea groups is 1. The molecule has 0 radical (unpaired) electrons. The minimum absolute atomic E-state index is 0.245. The van der Waals surface area contributed by atoms with Crippen molar-refractivity contribution in [1.82, 2.24) is 10.6 Å². The molecule has 0 saturated carbocycles. The molecule has 0 heterocycles.